The number of rotatable bonds is 5. The first-order valence-electron chi connectivity index (χ1n) is 12.0. The molecule has 36 heavy (non-hydrogen) atoms. The van der Waals surface area contributed by atoms with Gasteiger partial charge in [0, 0.05) is 45.1 Å². The SMILES string of the molecule is CC(C)(C)C(=O)CN1C(=O)C(Cc2c[nH]c3ccccc23)N=C(c2ccccc2)c2cc(Cl)ccc21. The molecular weight excluding hydrogens is 470 g/mol. The number of para-hydroxylation sites is 1. The highest BCUT2D eigenvalue weighted by Crippen LogP contribution is 2.33. The van der Waals surface area contributed by atoms with Gasteiger partial charge in [0.2, 0.25) is 0 Å². The van der Waals surface area contributed by atoms with Crippen LogP contribution in [0.5, 0.6) is 0 Å². The first kappa shape index (κ1) is 24.0. The fraction of sp³-hybridized carbons (Fsp3) is 0.233. The largest absolute Gasteiger partial charge is 0.361 e. The highest BCUT2D eigenvalue weighted by atomic mass is 35.5. The minimum absolute atomic E-state index is 0.0224. The van der Waals surface area contributed by atoms with Gasteiger partial charge in [0.05, 0.1) is 17.9 Å². The molecule has 0 spiro atoms. The van der Waals surface area contributed by atoms with E-state index in [9.17, 15) is 9.59 Å². The van der Waals surface area contributed by atoms with E-state index in [1.165, 1.54) is 0 Å². The van der Waals surface area contributed by atoms with E-state index < -0.39 is 11.5 Å². The summed E-state index contributed by atoms with van der Waals surface area (Å²) >= 11 is 6.43. The molecule has 6 heteroatoms. The zero-order valence-electron chi connectivity index (χ0n) is 20.6. The number of halogens is 1. The molecule has 2 heterocycles. The zero-order chi connectivity index (χ0) is 25.4. The van der Waals surface area contributed by atoms with Crippen LogP contribution in [0.15, 0.2) is 84.0 Å². The third-order valence-corrected chi connectivity index (χ3v) is 6.85. The summed E-state index contributed by atoms with van der Waals surface area (Å²) in [5, 5.41) is 1.60. The quantitative estimate of drug-likeness (QED) is 0.355. The van der Waals surface area contributed by atoms with E-state index in [1.807, 2.05) is 93.7 Å². The Bertz CT molecular complexity index is 1480. The summed E-state index contributed by atoms with van der Waals surface area (Å²) in [7, 11) is 0. The number of hydrogen-bond acceptors (Lipinski definition) is 3. The highest BCUT2D eigenvalue weighted by molar-refractivity contribution is 6.32. The fourth-order valence-corrected chi connectivity index (χ4v) is 4.70. The molecule has 1 N–H and O–H groups in total. The summed E-state index contributed by atoms with van der Waals surface area (Å²) in [6.45, 7) is 5.58. The van der Waals surface area contributed by atoms with Crippen LogP contribution >= 0.6 is 11.6 Å². The number of carbonyl (C=O) groups excluding carboxylic acids is 2. The van der Waals surface area contributed by atoms with Gasteiger partial charge in [-0.05, 0) is 29.8 Å². The number of benzene rings is 3. The smallest absolute Gasteiger partial charge is 0.252 e. The van der Waals surface area contributed by atoms with Crippen molar-refractivity contribution >= 4 is 45.6 Å². The van der Waals surface area contributed by atoms with Gasteiger partial charge >= 0.3 is 0 Å². The molecule has 0 radical (unpaired) electrons. The van der Waals surface area contributed by atoms with Crippen molar-refractivity contribution in [3.05, 3.63) is 101 Å². The number of anilines is 1. The highest BCUT2D eigenvalue weighted by Gasteiger charge is 2.35. The summed E-state index contributed by atoms with van der Waals surface area (Å²) in [4.78, 5) is 37.2. The maximum atomic E-state index is 14.1. The number of amides is 1. The standard InChI is InChI=1S/C30H28ClN3O2/c1-30(2,3)27(35)18-34-26-14-13-21(31)16-23(26)28(19-9-5-4-6-10-19)33-25(29(34)36)15-20-17-32-24-12-8-7-11-22(20)24/h4-14,16-17,25,32H,15,18H2,1-3H3. The lowest BCUT2D eigenvalue weighted by Crippen LogP contribution is -2.44. The maximum Gasteiger partial charge on any atom is 0.252 e. The van der Waals surface area contributed by atoms with Crippen molar-refractivity contribution in [2.45, 2.75) is 33.2 Å². The zero-order valence-corrected chi connectivity index (χ0v) is 21.3. The third kappa shape index (κ3) is 4.59. The van der Waals surface area contributed by atoms with Gasteiger partial charge in [0.15, 0.2) is 5.78 Å². The number of carbonyl (C=O) groups is 2. The number of H-pyrrole nitrogens is 1. The van der Waals surface area contributed by atoms with Crippen LogP contribution in [0.2, 0.25) is 5.02 Å². The number of nitrogens with zero attached hydrogens (tertiary/aromatic N) is 2. The van der Waals surface area contributed by atoms with Gasteiger partial charge in [-0.3, -0.25) is 14.6 Å². The number of ketones is 1. The molecule has 0 fully saturated rings. The number of hydrogen-bond donors (Lipinski definition) is 1. The van der Waals surface area contributed by atoms with Gasteiger partial charge in [-0.15, -0.1) is 0 Å². The topological polar surface area (TPSA) is 65.5 Å². The number of Topliss-reactive ketones (excluding diaryl/α,β-unsaturated/α-hetero) is 1. The van der Waals surface area contributed by atoms with Crippen LogP contribution in [0.4, 0.5) is 5.69 Å². The van der Waals surface area contributed by atoms with Crippen LogP contribution in [0.25, 0.3) is 10.9 Å². The second-order valence-electron chi connectivity index (χ2n) is 10.2. The van der Waals surface area contributed by atoms with Crippen LogP contribution in [0.3, 0.4) is 0 Å². The number of aliphatic imine (C=N–C) groups is 1. The summed E-state index contributed by atoms with van der Waals surface area (Å²) in [6, 6.07) is 22.5. The van der Waals surface area contributed by atoms with Crippen LogP contribution in [0.1, 0.15) is 37.5 Å². The van der Waals surface area contributed by atoms with E-state index >= 15 is 0 Å². The second kappa shape index (κ2) is 9.40. The summed E-state index contributed by atoms with van der Waals surface area (Å²) in [5.41, 5.74) is 4.39. The van der Waals surface area contributed by atoms with Gasteiger partial charge in [-0.25, -0.2) is 0 Å². The Morgan fingerprint density at radius 3 is 2.50 bits per heavy atom. The van der Waals surface area contributed by atoms with Crippen LogP contribution < -0.4 is 4.90 Å². The minimum atomic E-state index is -0.710. The predicted molar refractivity (Wildman–Crippen MR) is 146 cm³/mol. The molecule has 3 aromatic carbocycles. The Hall–Kier alpha value is -3.70. The molecule has 1 amide bonds. The number of fused-ring (bicyclic) bond motifs is 2. The van der Waals surface area contributed by atoms with Gasteiger partial charge in [-0.1, -0.05) is 80.9 Å². The first-order chi connectivity index (χ1) is 17.2. The van der Waals surface area contributed by atoms with Crippen molar-refractivity contribution < 1.29 is 9.59 Å². The van der Waals surface area contributed by atoms with E-state index in [1.54, 1.807) is 11.0 Å². The van der Waals surface area contributed by atoms with Crippen LogP contribution in [-0.4, -0.2) is 35.0 Å². The van der Waals surface area contributed by atoms with Gasteiger partial charge < -0.3 is 9.88 Å². The summed E-state index contributed by atoms with van der Waals surface area (Å²) in [6.07, 6.45) is 2.34. The average Bonchev–Trinajstić information content (AvgIpc) is 3.23. The minimum Gasteiger partial charge on any atom is -0.361 e. The van der Waals surface area contributed by atoms with Crippen LogP contribution in [0, 0.1) is 5.41 Å². The monoisotopic (exact) mass is 497 g/mol. The molecular formula is C30H28ClN3O2. The maximum absolute atomic E-state index is 14.1. The lowest BCUT2D eigenvalue weighted by atomic mass is 9.90. The van der Waals surface area contributed by atoms with E-state index in [2.05, 4.69) is 4.98 Å². The Balaban J connectivity index is 1.67. The van der Waals surface area contributed by atoms with Crippen molar-refractivity contribution in [2.75, 3.05) is 11.4 Å². The Morgan fingerprint density at radius 1 is 1.03 bits per heavy atom. The lowest BCUT2D eigenvalue weighted by Gasteiger charge is -2.28. The molecule has 1 aromatic heterocycles. The molecule has 0 aliphatic carbocycles. The number of nitrogens with one attached hydrogen (secondary N) is 1. The van der Waals surface area contributed by atoms with E-state index in [-0.39, 0.29) is 18.2 Å². The van der Waals surface area contributed by atoms with Crippen LogP contribution in [-0.2, 0) is 16.0 Å². The molecule has 1 aliphatic heterocycles. The molecule has 0 saturated heterocycles. The van der Waals surface area contributed by atoms with Crippen molar-refractivity contribution in [1.82, 2.24) is 4.98 Å². The second-order valence-corrected chi connectivity index (χ2v) is 10.6. The molecule has 4 aromatic rings. The van der Waals surface area contributed by atoms with E-state index in [0.29, 0.717) is 22.8 Å². The van der Waals surface area contributed by atoms with Gasteiger partial charge in [0.25, 0.3) is 5.91 Å². The first-order valence-corrected chi connectivity index (χ1v) is 12.4. The number of aromatic nitrogens is 1. The molecule has 0 bridgehead atoms. The van der Waals surface area contributed by atoms with Crippen molar-refractivity contribution in [2.24, 2.45) is 10.4 Å². The molecule has 1 atom stereocenters. The summed E-state index contributed by atoms with van der Waals surface area (Å²) < 4.78 is 0. The van der Waals surface area contributed by atoms with Crippen molar-refractivity contribution in [1.29, 1.82) is 0 Å². The fourth-order valence-electron chi connectivity index (χ4n) is 4.52. The van der Waals surface area contributed by atoms with Gasteiger partial charge in [-0.2, -0.15) is 0 Å². The molecule has 0 saturated carbocycles. The lowest BCUT2D eigenvalue weighted by molar-refractivity contribution is -0.127. The molecule has 1 aliphatic rings. The third-order valence-electron chi connectivity index (χ3n) is 6.61. The number of benzodiazepines with no additional fused rings is 1. The molecule has 182 valence electrons. The van der Waals surface area contributed by atoms with Crippen molar-refractivity contribution in [3.63, 3.8) is 0 Å². The number of aromatic amines is 1. The molecule has 5 rings (SSSR count). The summed E-state index contributed by atoms with van der Waals surface area (Å²) in [5.74, 6) is -0.224. The Morgan fingerprint density at radius 2 is 1.75 bits per heavy atom. The van der Waals surface area contributed by atoms with Gasteiger partial charge in [0.1, 0.15) is 6.04 Å². The Kier molecular flexibility index (Phi) is 6.27. The average molecular weight is 498 g/mol. The van der Waals surface area contributed by atoms with Crippen molar-refractivity contribution in [3.8, 4) is 0 Å². The van der Waals surface area contributed by atoms with E-state index in [0.717, 1.165) is 27.6 Å². The Labute approximate surface area is 215 Å². The molecule has 5 nitrogen and oxygen atoms in total. The predicted octanol–water partition coefficient (Wildman–Crippen LogP) is 6.23. The normalized spacial score (nSPS) is 16.0. The van der Waals surface area contributed by atoms with E-state index in [4.69, 9.17) is 16.6 Å². The molecule has 1 unspecified atom stereocenters.